The van der Waals surface area contributed by atoms with Crippen LogP contribution in [0.25, 0.3) is 0 Å². The van der Waals surface area contributed by atoms with Crippen molar-refractivity contribution in [2.24, 2.45) is 0 Å². The van der Waals surface area contributed by atoms with Gasteiger partial charge in [-0.2, -0.15) is 0 Å². The number of piperidine rings is 1. The minimum absolute atomic E-state index is 0.331. The zero-order valence-electron chi connectivity index (χ0n) is 12.7. The smallest absolute Gasteiger partial charge is 0.415 e. The lowest BCUT2D eigenvalue weighted by Gasteiger charge is -2.34. The van der Waals surface area contributed by atoms with Crippen LogP contribution in [-0.2, 0) is 4.74 Å². The number of hydrogen-bond donors (Lipinski definition) is 0. The quantitative estimate of drug-likeness (QED) is 0.852. The Morgan fingerprint density at radius 2 is 1.95 bits per heavy atom. The molecule has 0 saturated carbocycles. The molecule has 0 bridgehead atoms. The number of hydrogen-bond acceptors (Lipinski definition) is 5. The van der Waals surface area contributed by atoms with Crippen LogP contribution in [0.3, 0.4) is 0 Å². The van der Waals surface area contributed by atoms with Gasteiger partial charge in [0.2, 0.25) is 0 Å². The number of carbonyl (C=O) groups excluding carboxylic acids is 1. The molecule has 3 rings (SSSR count). The van der Waals surface area contributed by atoms with Crippen LogP contribution < -0.4 is 4.90 Å². The molecule has 0 aromatic carbocycles. The average molecular weight is 290 g/mol. The molecule has 21 heavy (non-hydrogen) atoms. The maximum Gasteiger partial charge on any atom is 0.415 e. The van der Waals surface area contributed by atoms with E-state index in [0.717, 1.165) is 31.6 Å². The fourth-order valence-electron chi connectivity index (χ4n) is 2.99. The van der Waals surface area contributed by atoms with Crippen molar-refractivity contribution in [3.63, 3.8) is 0 Å². The van der Waals surface area contributed by atoms with Crippen molar-refractivity contribution in [2.75, 3.05) is 31.1 Å². The van der Waals surface area contributed by atoms with Crippen molar-refractivity contribution in [1.29, 1.82) is 0 Å². The van der Waals surface area contributed by atoms with Gasteiger partial charge in [0.05, 0.1) is 24.6 Å². The first-order valence-corrected chi connectivity index (χ1v) is 7.65. The molecule has 0 N–H and O–H groups in total. The third-order valence-corrected chi connectivity index (χ3v) is 4.37. The van der Waals surface area contributed by atoms with E-state index in [9.17, 15) is 4.79 Å². The van der Waals surface area contributed by atoms with Crippen molar-refractivity contribution < 1.29 is 9.53 Å². The molecular formula is C15H22N4O2. The molecule has 2 aliphatic rings. The Hall–Kier alpha value is -1.69. The highest BCUT2D eigenvalue weighted by molar-refractivity contribution is 5.87. The summed E-state index contributed by atoms with van der Waals surface area (Å²) < 4.78 is 4.91. The maximum atomic E-state index is 11.5. The van der Waals surface area contributed by atoms with Gasteiger partial charge < -0.3 is 9.64 Å². The minimum Gasteiger partial charge on any atom is -0.447 e. The van der Waals surface area contributed by atoms with Crippen molar-refractivity contribution in [3.05, 3.63) is 18.1 Å². The summed E-state index contributed by atoms with van der Waals surface area (Å²) in [6.45, 7) is 7.69. The van der Waals surface area contributed by atoms with E-state index in [-0.39, 0.29) is 6.09 Å². The van der Waals surface area contributed by atoms with E-state index in [1.54, 1.807) is 6.20 Å². The van der Waals surface area contributed by atoms with Crippen molar-refractivity contribution in [3.8, 4) is 0 Å². The predicted molar refractivity (Wildman–Crippen MR) is 79.4 cm³/mol. The van der Waals surface area contributed by atoms with Crippen LogP contribution in [0.1, 0.15) is 38.3 Å². The van der Waals surface area contributed by atoms with Gasteiger partial charge in [0.15, 0.2) is 5.82 Å². The molecule has 2 saturated heterocycles. The zero-order chi connectivity index (χ0) is 14.8. The fourth-order valence-corrected chi connectivity index (χ4v) is 2.99. The molecular weight excluding hydrogens is 268 g/mol. The monoisotopic (exact) mass is 290 g/mol. The summed E-state index contributed by atoms with van der Waals surface area (Å²) in [6, 6.07) is 0.612. The van der Waals surface area contributed by atoms with Crippen molar-refractivity contribution >= 4 is 11.9 Å². The molecule has 2 aliphatic heterocycles. The Morgan fingerprint density at radius 1 is 1.19 bits per heavy atom. The topological polar surface area (TPSA) is 58.6 Å². The van der Waals surface area contributed by atoms with Gasteiger partial charge in [-0.15, -0.1) is 0 Å². The number of likely N-dealkylation sites (tertiary alicyclic amines) is 1. The molecule has 0 radical (unpaired) electrons. The summed E-state index contributed by atoms with van der Waals surface area (Å²) in [5.41, 5.74) is 1.04. The number of cyclic esters (lactones) is 1. The van der Waals surface area contributed by atoms with Gasteiger partial charge in [-0.3, -0.25) is 9.88 Å². The third-order valence-electron chi connectivity index (χ3n) is 4.37. The Labute approximate surface area is 125 Å². The fraction of sp³-hybridized carbons (Fsp3) is 0.667. The van der Waals surface area contributed by atoms with E-state index in [1.807, 2.05) is 6.20 Å². The lowest BCUT2D eigenvalue weighted by molar-refractivity contribution is 0.170. The maximum absolute atomic E-state index is 11.5. The summed E-state index contributed by atoms with van der Waals surface area (Å²) in [5.74, 6) is 1.06. The Bertz CT molecular complexity index is 495. The zero-order valence-corrected chi connectivity index (χ0v) is 12.7. The second-order valence-corrected chi connectivity index (χ2v) is 5.97. The van der Waals surface area contributed by atoms with Crippen LogP contribution in [0.5, 0.6) is 0 Å². The lowest BCUT2D eigenvalue weighted by atomic mass is 9.93. The highest BCUT2D eigenvalue weighted by Crippen LogP contribution is 2.27. The van der Waals surface area contributed by atoms with Gasteiger partial charge >= 0.3 is 6.09 Å². The van der Waals surface area contributed by atoms with Gasteiger partial charge in [0.25, 0.3) is 0 Å². The Kier molecular flexibility index (Phi) is 4.05. The Balaban J connectivity index is 1.64. The highest BCUT2D eigenvalue weighted by Gasteiger charge is 2.26. The molecule has 0 spiro atoms. The molecule has 1 aromatic rings. The molecule has 3 heterocycles. The van der Waals surface area contributed by atoms with Crippen LogP contribution in [0.2, 0.25) is 0 Å². The first-order valence-electron chi connectivity index (χ1n) is 7.65. The lowest BCUT2D eigenvalue weighted by Crippen LogP contribution is -2.38. The van der Waals surface area contributed by atoms with E-state index in [4.69, 9.17) is 4.74 Å². The SMILES string of the molecule is CC(C)N1CCC(c2cnc(N3CCOC3=O)cn2)CC1. The van der Waals surface area contributed by atoms with Crippen LogP contribution in [-0.4, -0.2) is 53.2 Å². The molecule has 6 nitrogen and oxygen atoms in total. The summed E-state index contributed by atoms with van der Waals surface area (Å²) in [7, 11) is 0. The second kappa shape index (κ2) is 5.97. The number of aromatic nitrogens is 2. The number of carbonyl (C=O) groups is 1. The molecule has 1 aromatic heterocycles. The first-order chi connectivity index (χ1) is 10.1. The summed E-state index contributed by atoms with van der Waals surface area (Å²) in [6.07, 6.45) is 5.42. The van der Waals surface area contributed by atoms with E-state index < -0.39 is 0 Å². The number of ether oxygens (including phenoxy) is 1. The molecule has 0 atom stereocenters. The van der Waals surface area contributed by atoms with Crippen LogP contribution in [0, 0.1) is 0 Å². The predicted octanol–water partition coefficient (Wildman–Crippen LogP) is 2.02. The minimum atomic E-state index is -0.331. The van der Waals surface area contributed by atoms with Gasteiger partial charge in [-0.25, -0.2) is 9.78 Å². The molecule has 0 aliphatic carbocycles. The van der Waals surface area contributed by atoms with Crippen LogP contribution in [0.15, 0.2) is 12.4 Å². The molecule has 114 valence electrons. The number of amides is 1. The Morgan fingerprint density at radius 3 is 2.48 bits per heavy atom. The van der Waals surface area contributed by atoms with Crippen molar-refractivity contribution in [1.82, 2.24) is 14.9 Å². The largest absolute Gasteiger partial charge is 0.447 e. The van der Waals surface area contributed by atoms with E-state index in [0.29, 0.717) is 30.9 Å². The molecule has 6 heteroatoms. The van der Waals surface area contributed by atoms with Gasteiger partial charge in [-0.05, 0) is 39.8 Å². The van der Waals surface area contributed by atoms with E-state index in [1.165, 1.54) is 4.90 Å². The van der Waals surface area contributed by atoms with E-state index in [2.05, 4.69) is 28.7 Å². The van der Waals surface area contributed by atoms with Crippen LogP contribution in [0.4, 0.5) is 10.6 Å². The highest BCUT2D eigenvalue weighted by atomic mass is 16.6. The first kappa shape index (κ1) is 14.3. The molecule has 0 unspecified atom stereocenters. The van der Waals surface area contributed by atoms with Gasteiger partial charge in [-0.1, -0.05) is 0 Å². The summed E-state index contributed by atoms with van der Waals surface area (Å²) in [4.78, 5) is 24.4. The average Bonchev–Trinajstić information content (AvgIpc) is 2.94. The standard InChI is InChI=1S/C15H22N4O2/c1-11(2)18-5-3-12(4-6-18)13-9-17-14(10-16-13)19-7-8-21-15(19)20/h9-12H,3-8H2,1-2H3. The van der Waals surface area contributed by atoms with Gasteiger partial charge in [0.1, 0.15) is 6.61 Å². The molecule has 2 fully saturated rings. The summed E-state index contributed by atoms with van der Waals surface area (Å²) in [5, 5.41) is 0. The normalized spacial score (nSPS) is 21.1. The van der Waals surface area contributed by atoms with E-state index >= 15 is 0 Å². The van der Waals surface area contributed by atoms with Gasteiger partial charge in [0, 0.05) is 12.0 Å². The summed E-state index contributed by atoms with van der Waals surface area (Å²) >= 11 is 0. The number of anilines is 1. The van der Waals surface area contributed by atoms with Crippen LogP contribution >= 0.6 is 0 Å². The second-order valence-electron chi connectivity index (χ2n) is 5.97. The number of rotatable bonds is 3. The third kappa shape index (κ3) is 3.00. The molecule has 1 amide bonds. The number of nitrogens with zero attached hydrogens (tertiary/aromatic N) is 4. The van der Waals surface area contributed by atoms with Crippen molar-refractivity contribution in [2.45, 2.75) is 38.6 Å².